The molecule has 2 atom stereocenters. The minimum absolute atomic E-state index is 0.702. The Bertz CT molecular complexity index is 308. The van der Waals surface area contributed by atoms with Crippen molar-refractivity contribution < 1.29 is 4.74 Å². The van der Waals surface area contributed by atoms with Gasteiger partial charge in [0.25, 0.3) is 0 Å². The summed E-state index contributed by atoms with van der Waals surface area (Å²) >= 11 is 0. The van der Waals surface area contributed by atoms with Gasteiger partial charge >= 0.3 is 0 Å². The lowest BCUT2D eigenvalue weighted by Gasteiger charge is -2.35. The van der Waals surface area contributed by atoms with Crippen molar-refractivity contribution in [1.82, 2.24) is 0 Å². The number of rotatable bonds is 8. The van der Waals surface area contributed by atoms with Crippen LogP contribution >= 0.6 is 0 Å². The van der Waals surface area contributed by atoms with Crippen LogP contribution in [0.1, 0.15) is 39.5 Å². The molecule has 0 aliphatic rings. The largest absolute Gasteiger partial charge is 0.336 e. The summed E-state index contributed by atoms with van der Waals surface area (Å²) in [4.78, 5) is 0. The molecule has 0 bridgehead atoms. The van der Waals surface area contributed by atoms with E-state index in [0.29, 0.717) is 12.8 Å². The van der Waals surface area contributed by atoms with E-state index in [1.165, 1.54) is 0 Å². The van der Waals surface area contributed by atoms with E-state index in [1.807, 2.05) is 13.8 Å². The number of ether oxygens (including phenoxy) is 1. The molecule has 0 spiro atoms. The SMILES string of the molecule is C#CC(C=C)(CCC)OC(C#C)(C=C)CCC. The Morgan fingerprint density at radius 1 is 1.00 bits per heavy atom. The molecule has 0 aliphatic heterocycles. The lowest BCUT2D eigenvalue weighted by atomic mass is 9.93. The molecule has 92 valence electrons. The summed E-state index contributed by atoms with van der Waals surface area (Å²) in [5.74, 6) is 5.33. The molecule has 1 nitrogen and oxygen atoms in total. The lowest BCUT2D eigenvalue weighted by molar-refractivity contribution is -0.0525. The quantitative estimate of drug-likeness (QED) is 0.456. The Labute approximate surface area is 106 Å². The summed E-state index contributed by atoms with van der Waals surface area (Å²) in [7, 11) is 0. The highest BCUT2D eigenvalue weighted by molar-refractivity contribution is 5.25. The lowest BCUT2D eigenvalue weighted by Crippen LogP contribution is -2.40. The molecule has 0 aromatic carbocycles. The zero-order chi connectivity index (χ0) is 13.4. The van der Waals surface area contributed by atoms with Crippen molar-refractivity contribution in [3.8, 4) is 24.7 Å². The van der Waals surface area contributed by atoms with Crippen molar-refractivity contribution in [3.05, 3.63) is 25.3 Å². The van der Waals surface area contributed by atoms with Gasteiger partial charge in [0.1, 0.15) is 11.2 Å². The topological polar surface area (TPSA) is 9.23 Å². The summed E-state index contributed by atoms with van der Waals surface area (Å²) < 4.78 is 6.00. The molecule has 0 saturated heterocycles. The van der Waals surface area contributed by atoms with Crippen LogP contribution in [0.3, 0.4) is 0 Å². The van der Waals surface area contributed by atoms with E-state index in [2.05, 4.69) is 25.0 Å². The molecule has 0 fully saturated rings. The van der Waals surface area contributed by atoms with E-state index in [0.717, 1.165) is 12.8 Å². The molecule has 0 N–H and O–H groups in total. The van der Waals surface area contributed by atoms with E-state index in [-0.39, 0.29) is 0 Å². The second-order valence-corrected chi connectivity index (χ2v) is 4.08. The molecule has 0 rings (SSSR count). The maximum Gasteiger partial charge on any atom is 0.149 e. The molecular weight excluding hydrogens is 208 g/mol. The van der Waals surface area contributed by atoms with Gasteiger partial charge in [-0.25, -0.2) is 0 Å². The van der Waals surface area contributed by atoms with E-state index in [4.69, 9.17) is 17.6 Å². The second kappa shape index (κ2) is 7.00. The molecule has 0 heterocycles. The van der Waals surface area contributed by atoms with Crippen molar-refractivity contribution in [3.63, 3.8) is 0 Å². The summed E-state index contributed by atoms with van der Waals surface area (Å²) in [5, 5.41) is 0. The minimum atomic E-state index is -0.801. The van der Waals surface area contributed by atoms with Gasteiger partial charge in [0.2, 0.25) is 0 Å². The Balaban J connectivity index is 5.20. The third-order valence-electron chi connectivity index (χ3n) is 2.76. The fourth-order valence-corrected chi connectivity index (χ4v) is 1.78. The molecule has 0 aromatic rings. The van der Waals surface area contributed by atoms with E-state index in [9.17, 15) is 0 Å². The van der Waals surface area contributed by atoms with Crippen LogP contribution in [0.25, 0.3) is 0 Å². The smallest absolute Gasteiger partial charge is 0.149 e. The van der Waals surface area contributed by atoms with Gasteiger partial charge in [-0.3, -0.25) is 0 Å². The Kier molecular flexibility index (Phi) is 6.40. The van der Waals surface area contributed by atoms with Crippen LogP contribution in [0.15, 0.2) is 25.3 Å². The van der Waals surface area contributed by atoms with Crippen LogP contribution in [-0.4, -0.2) is 11.2 Å². The van der Waals surface area contributed by atoms with Gasteiger partial charge in [-0.2, -0.15) is 0 Å². The first-order valence-corrected chi connectivity index (χ1v) is 6.00. The highest BCUT2D eigenvalue weighted by Crippen LogP contribution is 2.30. The molecule has 0 aliphatic carbocycles. The first-order chi connectivity index (χ1) is 8.07. The minimum Gasteiger partial charge on any atom is -0.336 e. The first-order valence-electron chi connectivity index (χ1n) is 6.00. The zero-order valence-electron chi connectivity index (χ0n) is 11.0. The fraction of sp³-hybridized carbons (Fsp3) is 0.500. The maximum atomic E-state index is 6.00. The average Bonchev–Trinajstić information content (AvgIpc) is 2.37. The predicted molar refractivity (Wildman–Crippen MR) is 74.4 cm³/mol. The number of hydrogen-bond donors (Lipinski definition) is 0. The second-order valence-electron chi connectivity index (χ2n) is 4.08. The van der Waals surface area contributed by atoms with Gasteiger partial charge in [-0.1, -0.05) is 51.7 Å². The molecule has 1 heteroatoms. The van der Waals surface area contributed by atoms with Gasteiger partial charge < -0.3 is 4.74 Å². The third-order valence-corrected chi connectivity index (χ3v) is 2.76. The van der Waals surface area contributed by atoms with Crippen molar-refractivity contribution >= 4 is 0 Å². The molecule has 0 radical (unpaired) electrons. The van der Waals surface area contributed by atoms with Gasteiger partial charge in [0, 0.05) is 0 Å². The molecule has 0 aromatic heterocycles. The number of hydrogen-bond acceptors (Lipinski definition) is 1. The Hall–Kier alpha value is -1.44. The Morgan fingerprint density at radius 2 is 1.35 bits per heavy atom. The molecule has 0 amide bonds. The Morgan fingerprint density at radius 3 is 1.53 bits per heavy atom. The first kappa shape index (κ1) is 15.6. The highest BCUT2D eigenvalue weighted by Gasteiger charge is 2.35. The monoisotopic (exact) mass is 230 g/mol. The summed E-state index contributed by atoms with van der Waals surface area (Å²) in [6.45, 7) is 11.6. The fourth-order valence-electron chi connectivity index (χ4n) is 1.78. The van der Waals surface area contributed by atoms with Crippen LogP contribution in [0.5, 0.6) is 0 Å². The normalized spacial score (nSPS) is 16.9. The van der Waals surface area contributed by atoms with Gasteiger partial charge in [0.05, 0.1) is 0 Å². The van der Waals surface area contributed by atoms with Gasteiger partial charge in [-0.15, -0.1) is 12.8 Å². The standard InChI is InChI=1S/C16H22O/c1-7-13-15(9-3,10-4)17-16(11-5,12-6)14-8-2/h3,5,10,12H,4,6-8,13-14H2,1-2H3. The van der Waals surface area contributed by atoms with Crippen LogP contribution in [0, 0.1) is 24.7 Å². The molecule has 2 unspecified atom stereocenters. The van der Waals surface area contributed by atoms with E-state index in [1.54, 1.807) is 12.2 Å². The maximum absolute atomic E-state index is 6.00. The summed E-state index contributed by atoms with van der Waals surface area (Å²) in [6.07, 6.45) is 17.7. The van der Waals surface area contributed by atoms with E-state index < -0.39 is 11.2 Å². The number of terminal acetylenes is 2. The van der Waals surface area contributed by atoms with E-state index >= 15 is 0 Å². The summed E-state index contributed by atoms with van der Waals surface area (Å²) in [6, 6.07) is 0. The molecule has 17 heavy (non-hydrogen) atoms. The van der Waals surface area contributed by atoms with Crippen LogP contribution in [-0.2, 0) is 4.74 Å². The molecule has 0 saturated carbocycles. The molecular formula is C16H22O. The van der Waals surface area contributed by atoms with Gasteiger partial charge in [-0.05, 0) is 25.0 Å². The summed E-state index contributed by atoms with van der Waals surface area (Å²) in [5.41, 5.74) is -1.60. The van der Waals surface area contributed by atoms with Crippen molar-refractivity contribution in [2.24, 2.45) is 0 Å². The van der Waals surface area contributed by atoms with Crippen molar-refractivity contribution in [2.45, 2.75) is 50.7 Å². The third kappa shape index (κ3) is 3.81. The van der Waals surface area contributed by atoms with Crippen LogP contribution in [0.2, 0.25) is 0 Å². The zero-order valence-corrected chi connectivity index (χ0v) is 11.0. The highest BCUT2D eigenvalue weighted by atomic mass is 16.5. The van der Waals surface area contributed by atoms with Crippen LogP contribution < -0.4 is 0 Å². The van der Waals surface area contributed by atoms with Gasteiger partial charge in [0.15, 0.2) is 0 Å². The van der Waals surface area contributed by atoms with Crippen LogP contribution in [0.4, 0.5) is 0 Å². The average molecular weight is 230 g/mol. The predicted octanol–water partition coefficient (Wildman–Crippen LogP) is 3.72. The van der Waals surface area contributed by atoms with Crippen molar-refractivity contribution in [2.75, 3.05) is 0 Å². The van der Waals surface area contributed by atoms with Crippen molar-refractivity contribution in [1.29, 1.82) is 0 Å².